The number of nitrogens with one attached hydrogen (secondary N) is 1. The summed E-state index contributed by atoms with van der Waals surface area (Å²) in [5.74, 6) is 0.343. The van der Waals surface area contributed by atoms with Crippen LogP contribution in [0, 0.1) is 5.95 Å². The third-order valence-corrected chi connectivity index (χ3v) is 5.89. The molecule has 4 heterocycles. The van der Waals surface area contributed by atoms with Gasteiger partial charge in [-0.25, -0.2) is 19.9 Å². The molecule has 1 spiro atoms. The Morgan fingerprint density at radius 3 is 2.68 bits per heavy atom. The number of hydrogen-bond acceptors (Lipinski definition) is 7. The van der Waals surface area contributed by atoms with Gasteiger partial charge in [0.15, 0.2) is 0 Å². The van der Waals surface area contributed by atoms with E-state index < -0.39 is 5.95 Å². The van der Waals surface area contributed by atoms with Gasteiger partial charge in [-0.2, -0.15) is 4.39 Å². The lowest BCUT2D eigenvalue weighted by molar-refractivity contribution is -0.165. The van der Waals surface area contributed by atoms with Crippen LogP contribution in [0.2, 0.25) is 0 Å². The molecule has 7 nitrogen and oxygen atoms in total. The highest BCUT2D eigenvalue weighted by Crippen LogP contribution is 2.41. The molecule has 0 radical (unpaired) electrons. The van der Waals surface area contributed by atoms with Crippen molar-refractivity contribution in [2.75, 3.05) is 17.7 Å². The molecular weight excluding hydrogens is 359 g/mol. The lowest BCUT2D eigenvalue weighted by atomic mass is 9.77. The van der Waals surface area contributed by atoms with Gasteiger partial charge in [0, 0.05) is 36.3 Å². The van der Waals surface area contributed by atoms with Gasteiger partial charge in [0.05, 0.1) is 23.1 Å². The van der Waals surface area contributed by atoms with Crippen LogP contribution in [0.15, 0.2) is 30.7 Å². The summed E-state index contributed by atoms with van der Waals surface area (Å²) < 4.78 is 19.4. The molecule has 8 heteroatoms. The van der Waals surface area contributed by atoms with Gasteiger partial charge in [0.2, 0.25) is 11.9 Å². The van der Waals surface area contributed by atoms with E-state index in [0.29, 0.717) is 39.8 Å². The molecule has 2 aliphatic rings. The number of hydrogen-bond donors (Lipinski definition) is 2. The van der Waals surface area contributed by atoms with Crippen molar-refractivity contribution in [1.29, 1.82) is 0 Å². The number of nitrogens with two attached hydrogens (primary N) is 1. The van der Waals surface area contributed by atoms with Crippen LogP contribution in [-0.4, -0.2) is 38.2 Å². The van der Waals surface area contributed by atoms with Crippen LogP contribution in [0.25, 0.3) is 22.0 Å². The van der Waals surface area contributed by atoms with Gasteiger partial charge in [0.1, 0.15) is 5.82 Å². The first kappa shape index (κ1) is 17.2. The number of rotatable bonds is 3. The molecule has 3 N–H and O–H groups in total. The summed E-state index contributed by atoms with van der Waals surface area (Å²) in [6.07, 6.45) is 10.1. The molecule has 5 rings (SSSR count). The van der Waals surface area contributed by atoms with Crippen molar-refractivity contribution in [3.63, 3.8) is 0 Å². The topological polar surface area (TPSA) is 98.8 Å². The van der Waals surface area contributed by atoms with E-state index in [1.165, 1.54) is 18.7 Å². The first-order chi connectivity index (χ1) is 13.6. The summed E-state index contributed by atoms with van der Waals surface area (Å²) in [6.45, 7) is 0.889. The van der Waals surface area contributed by atoms with Crippen molar-refractivity contribution in [2.24, 2.45) is 0 Å². The Balaban J connectivity index is 1.45. The van der Waals surface area contributed by atoms with E-state index in [1.807, 2.05) is 0 Å². The minimum atomic E-state index is -0.552. The Morgan fingerprint density at radius 1 is 1.14 bits per heavy atom. The lowest BCUT2D eigenvalue weighted by Crippen LogP contribution is -2.48. The monoisotopic (exact) mass is 380 g/mol. The molecule has 0 amide bonds. The van der Waals surface area contributed by atoms with E-state index >= 15 is 0 Å². The second kappa shape index (κ2) is 6.63. The van der Waals surface area contributed by atoms with Gasteiger partial charge in [-0.05, 0) is 43.7 Å². The summed E-state index contributed by atoms with van der Waals surface area (Å²) >= 11 is 0. The fourth-order valence-electron chi connectivity index (χ4n) is 4.15. The average molecular weight is 380 g/mol. The second-order valence-corrected chi connectivity index (χ2v) is 7.58. The standard InChI is InChI=1S/C20H21FN6O/c21-16-9-12(3-7-23-16)14-10-24-18(22)15-11-25-19(27-17(14)15)26-13-1-4-20(5-2-13)6-8-28-20/h3,7,9-11,13H,1-2,4-6,8H2,(H2,22,24)(H,25,26,27). The summed E-state index contributed by atoms with van der Waals surface area (Å²) in [6, 6.07) is 3.40. The Morgan fingerprint density at radius 2 is 1.96 bits per heavy atom. The zero-order valence-electron chi connectivity index (χ0n) is 15.4. The molecule has 0 unspecified atom stereocenters. The highest BCUT2D eigenvalue weighted by Gasteiger charge is 2.41. The minimum Gasteiger partial charge on any atom is -0.383 e. The van der Waals surface area contributed by atoms with Crippen molar-refractivity contribution in [2.45, 2.75) is 43.7 Å². The zero-order chi connectivity index (χ0) is 19.1. The summed E-state index contributed by atoms with van der Waals surface area (Å²) in [7, 11) is 0. The van der Waals surface area contributed by atoms with Crippen LogP contribution in [0.1, 0.15) is 32.1 Å². The number of fused-ring (bicyclic) bond motifs is 1. The van der Waals surface area contributed by atoms with E-state index in [2.05, 4.69) is 20.3 Å². The maximum Gasteiger partial charge on any atom is 0.223 e. The van der Waals surface area contributed by atoms with Gasteiger partial charge < -0.3 is 15.8 Å². The number of ether oxygens (including phenoxy) is 1. The van der Waals surface area contributed by atoms with E-state index in [-0.39, 0.29) is 5.60 Å². The molecule has 0 bridgehead atoms. The van der Waals surface area contributed by atoms with E-state index in [9.17, 15) is 4.39 Å². The SMILES string of the molecule is Nc1ncc(-c2ccnc(F)c2)c2nc(NC3CCC4(CCO4)CC3)ncc12. The molecule has 1 saturated carbocycles. The molecule has 1 aliphatic carbocycles. The predicted molar refractivity (Wildman–Crippen MR) is 104 cm³/mol. The summed E-state index contributed by atoms with van der Waals surface area (Å²) in [5, 5.41) is 4.09. The molecule has 0 atom stereocenters. The maximum atomic E-state index is 13.6. The van der Waals surface area contributed by atoms with E-state index in [4.69, 9.17) is 15.5 Å². The molecule has 1 saturated heterocycles. The van der Waals surface area contributed by atoms with E-state index in [1.54, 1.807) is 18.5 Å². The smallest absolute Gasteiger partial charge is 0.223 e. The lowest BCUT2D eigenvalue weighted by Gasteiger charge is -2.46. The Kier molecular flexibility index (Phi) is 4.08. The van der Waals surface area contributed by atoms with E-state index in [0.717, 1.165) is 32.3 Å². The Bertz CT molecular complexity index is 1030. The van der Waals surface area contributed by atoms with Crippen LogP contribution >= 0.6 is 0 Å². The zero-order valence-corrected chi connectivity index (χ0v) is 15.4. The number of anilines is 2. The second-order valence-electron chi connectivity index (χ2n) is 7.58. The first-order valence-electron chi connectivity index (χ1n) is 9.56. The summed E-state index contributed by atoms with van der Waals surface area (Å²) in [5.41, 5.74) is 8.12. The number of pyridine rings is 2. The quantitative estimate of drug-likeness (QED) is 0.673. The van der Waals surface area contributed by atoms with Crippen molar-refractivity contribution in [3.05, 3.63) is 36.7 Å². The molecule has 3 aromatic heterocycles. The number of nitrogen functional groups attached to an aromatic ring is 1. The third-order valence-electron chi connectivity index (χ3n) is 5.89. The Hall–Kier alpha value is -2.87. The minimum absolute atomic E-state index is 0.126. The number of nitrogens with zero attached hydrogens (tertiary/aromatic N) is 4. The fourth-order valence-corrected chi connectivity index (χ4v) is 4.15. The van der Waals surface area contributed by atoms with Crippen LogP contribution < -0.4 is 11.1 Å². The molecule has 1 aliphatic heterocycles. The highest BCUT2D eigenvalue weighted by molar-refractivity contribution is 5.98. The summed E-state index contributed by atoms with van der Waals surface area (Å²) in [4.78, 5) is 16.9. The fraction of sp³-hybridized carbons (Fsp3) is 0.400. The molecule has 144 valence electrons. The van der Waals surface area contributed by atoms with Crippen LogP contribution in [-0.2, 0) is 4.74 Å². The molecule has 2 fully saturated rings. The van der Waals surface area contributed by atoms with Gasteiger partial charge in [-0.3, -0.25) is 0 Å². The van der Waals surface area contributed by atoms with Crippen molar-refractivity contribution < 1.29 is 9.13 Å². The van der Waals surface area contributed by atoms with Crippen molar-refractivity contribution in [3.8, 4) is 11.1 Å². The average Bonchev–Trinajstić information content (AvgIpc) is 2.68. The Labute approximate surface area is 161 Å². The van der Waals surface area contributed by atoms with Crippen LogP contribution in [0.4, 0.5) is 16.2 Å². The van der Waals surface area contributed by atoms with Gasteiger partial charge >= 0.3 is 0 Å². The van der Waals surface area contributed by atoms with Crippen molar-refractivity contribution in [1.82, 2.24) is 19.9 Å². The molecule has 28 heavy (non-hydrogen) atoms. The van der Waals surface area contributed by atoms with Gasteiger partial charge in [0.25, 0.3) is 0 Å². The van der Waals surface area contributed by atoms with Gasteiger partial charge in [-0.1, -0.05) is 0 Å². The van der Waals surface area contributed by atoms with Crippen LogP contribution in [0.3, 0.4) is 0 Å². The molecule has 0 aromatic carbocycles. The van der Waals surface area contributed by atoms with Crippen molar-refractivity contribution >= 4 is 22.7 Å². The van der Waals surface area contributed by atoms with Crippen LogP contribution in [0.5, 0.6) is 0 Å². The molecular formula is C20H21FN6O. The largest absolute Gasteiger partial charge is 0.383 e. The molecule has 3 aromatic rings. The first-order valence-corrected chi connectivity index (χ1v) is 9.56. The number of halogens is 1. The number of aromatic nitrogens is 4. The normalized spacial score (nSPS) is 24.2. The highest BCUT2D eigenvalue weighted by atomic mass is 19.1. The third kappa shape index (κ3) is 3.03. The maximum absolute atomic E-state index is 13.6. The van der Waals surface area contributed by atoms with Gasteiger partial charge in [-0.15, -0.1) is 0 Å². The predicted octanol–water partition coefficient (Wildman–Crippen LogP) is 3.32.